The van der Waals surface area contributed by atoms with E-state index in [4.69, 9.17) is 0 Å². The van der Waals surface area contributed by atoms with Crippen molar-refractivity contribution in [2.24, 2.45) is 0 Å². The standard InChI is InChI=1S/C17H13N3O4/c1-11-4-2-3-5-14(11)19-17(22)13(10-18)8-12-6-7-16(21)15(9-12)20(23)24/h2-9,21H,1H3,(H,19,22)/b13-8+. The molecule has 2 N–H and O–H groups in total. The fourth-order valence-corrected chi connectivity index (χ4v) is 1.99. The maximum atomic E-state index is 12.2. The largest absolute Gasteiger partial charge is 0.502 e. The summed E-state index contributed by atoms with van der Waals surface area (Å²) in [6.45, 7) is 1.81. The van der Waals surface area contributed by atoms with Gasteiger partial charge in [-0.05, 0) is 36.3 Å². The zero-order valence-electron chi connectivity index (χ0n) is 12.7. The van der Waals surface area contributed by atoms with Crippen LogP contribution in [-0.2, 0) is 4.79 Å². The molecule has 0 spiro atoms. The molecular formula is C17H13N3O4. The molecule has 120 valence electrons. The molecular weight excluding hydrogens is 310 g/mol. The summed E-state index contributed by atoms with van der Waals surface area (Å²) in [6, 6.07) is 12.5. The first-order chi connectivity index (χ1) is 11.4. The highest BCUT2D eigenvalue weighted by molar-refractivity contribution is 6.10. The van der Waals surface area contributed by atoms with Crippen LogP contribution in [0.1, 0.15) is 11.1 Å². The molecule has 24 heavy (non-hydrogen) atoms. The minimum absolute atomic E-state index is 0.210. The van der Waals surface area contributed by atoms with Crippen molar-refractivity contribution in [3.63, 3.8) is 0 Å². The molecule has 0 saturated carbocycles. The smallest absolute Gasteiger partial charge is 0.311 e. The van der Waals surface area contributed by atoms with E-state index in [1.807, 2.05) is 19.1 Å². The van der Waals surface area contributed by atoms with Crippen molar-refractivity contribution in [3.8, 4) is 11.8 Å². The second kappa shape index (κ2) is 7.07. The molecule has 0 saturated heterocycles. The van der Waals surface area contributed by atoms with Crippen molar-refractivity contribution < 1.29 is 14.8 Å². The van der Waals surface area contributed by atoms with Crippen LogP contribution < -0.4 is 5.32 Å². The predicted molar refractivity (Wildman–Crippen MR) is 88.2 cm³/mol. The normalized spacial score (nSPS) is 10.8. The number of phenols is 1. The van der Waals surface area contributed by atoms with Crippen LogP contribution in [0, 0.1) is 28.4 Å². The molecule has 0 radical (unpaired) electrons. The molecule has 0 aliphatic heterocycles. The fraction of sp³-hybridized carbons (Fsp3) is 0.0588. The first kappa shape index (κ1) is 16.7. The quantitative estimate of drug-likeness (QED) is 0.388. The average Bonchev–Trinajstić information content (AvgIpc) is 2.55. The summed E-state index contributed by atoms with van der Waals surface area (Å²) < 4.78 is 0. The number of para-hydroxylation sites is 1. The highest BCUT2D eigenvalue weighted by atomic mass is 16.6. The molecule has 0 fully saturated rings. The Kier molecular flexibility index (Phi) is 4.92. The summed E-state index contributed by atoms with van der Waals surface area (Å²) in [4.78, 5) is 22.3. The lowest BCUT2D eigenvalue weighted by atomic mass is 10.1. The van der Waals surface area contributed by atoms with E-state index in [2.05, 4.69) is 5.32 Å². The van der Waals surface area contributed by atoms with E-state index >= 15 is 0 Å². The number of benzene rings is 2. The third-order valence-corrected chi connectivity index (χ3v) is 3.27. The van der Waals surface area contributed by atoms with E-state index in [9.17, 15) is 25.3 Å². The maximum Gasteiger partial charge on any atom is 0.311 e. The Morgan fingerprint density at radius 3 is 2.67 bits per heavy atom. The van der Waals surface area contributed by atoms with Gasteiger partial charge in [-0.1, -0.05) is 24.3 Å². The molecule has 0 heterocycles. The number of anilines is 1. The Balaban J connectivity index is 2.31. The number of nitro benzene ring substituents is 1. The van der Waals surface area contributed by atoms with Gasteiger partial charge in [-0.2, -0.15) is 5.26 Å². The number of carbonyl (C=O) groups excluding carboxylic acids is 1. The SMILES string of the molecule is Cc1ccccc1NC(=O)/C(C#N)=C/c1ccc(O)c([N+](=O)[O-])c1. The van der Waals surface area contributed by atoms with Gasteiger partial charge in [0.15, 0.2) is 5.75 Å². The van der Waals surface area contributed by atoms with Crippen LogP contribution in [0.25, 0.3) is 6.08 Å². The Labute approximate surface area is 137 Å². The average molecular weight is 323 g/mol. The Hall–Kier alpha value is -3.66. The van der Waals surface area contributed by atoms with Gasteiger partial charge in [-0.25, -0.2) is 0 Å². The third kappa shape index (κ3) is 3.75. The lowest BCUT2D eigenvalue weighted by Crippen LogP contribution is -2.14. The molecule has 0 aromatic heterocycles. The van der Waals surface area contributed by atoms with Gasteiger partial charge in [-0.3, -0.25) is 14.9 Å². The highest BCUT2D eigenvalue weighted by Crippen LogP contribution is 2.27. The molecule has 2 aromatic rings. The summed E-state index contributed by atoms with van der Waals surface area (Å²) in [6.07, 6.45) is 1.22. The number of carbonyl (C=O) groups is 1. The van der Waals surface area contributed by atoms with Crippen LogP contribution in [0.15, 0.2) is 48.0 Å². The number of aryl methyl sites for hydroxylation is 1. The molecule has 0 aliphatic rings. The molecule has 0 bridgehead atoms. The topological polar surface area (TPSA) is 116 Å². The van der Waals surface area contributed by atoms with E-state index < -0.39 is 22.3 Å². The van der Waals surface area contributed by atoms with E-state index in [0.29, 0.717) is 5.69 Å². The number of hydrogen-bond acceptors (Lipinski definition) is 5. The lowest BCUT2D eigenvalue weighted by Gasteiger charge is -2.07. The second-order valence-corrected chi connectivity index (χ2v) is 4.94. The van der Waals surface area contributed by atoms with E-state index in [1.165, 1.54) is 12.1 Å². The van der Waals surface area contributed by atoms with E-state index in [0.717, 1.165) is 17.7 Å². The first-order valence-corrected chi connectivity index (χ1v) is 6.88. The number of aromatic hydroxyl groups is 1. The number of hydrogen-bond donors (Lipinski definition) is 2. The Morgan fingerprint density at radius 2 is 2.04 bits per heavy atom. The van der Waals surface area contributed by atoms with Gasteiger partial charge in [0.2, 0.25) is 0 Å². The minimum atomic E-state index is -0.744. The fourth-order valence-electron chi connectivity index (χ4n) is 1.99. The van der Waals surface area contributed by atoms with E-state index in [-0.39, 0.29) is 11.1 Å². The maximum absolute atomic E-state index is 12.2. The van der Waals surface area contributed by atoms with Crippen molar-refractivity contribution in [2.45, 2.75) is 6.92 Å². The summed E-state index contributed by atoms with van der Waals surface area (Å²) >= 11 is 0. The van der Waals surface area contributed by atoms with Crippen molar-refractivity contribution in [2.75, 3.05) is 5.32 Å². The molecule has 7 nitrogen and oxygen atoms in total. The number of phenolic OH excluding ortho intramolecular Hbond substituents is 1. The summed E-state index contributed by atoms with van der Waals surface area (Å²) in [5.41, 5.74) is 0.957. The number of nitrogens with one attached hydrogen (secondary N) is 1. The lowest BCUT2D eigenvalue weighted by molar-refractivity contribution is -0.385. The van der Waals surface area contributed by atoms with Gasteiger partial charge in [0.05, 0.1) is 4.92 Å². The monoisotopic (exact) mass is 323 g/mol. The number of rotatable bonds is 4. The van der Waals surface area contributed by atoms with Gasteiger partial charge in [-0.15, -0.1) is 0 Å². The van der Waals surface area contributed by atoms with Crippen molar-refractivity contribution in [1.82, 2.24) is 0 Å². The predicted octanol–water partition coefficient (Wildman–Crippen LogP) is 3.15. The number of nitriles is 1. The zero-order valence-corrected chi connectivity index (χ0v) is 12.7. The van der Waals surface area contributed by atoms with Crippen LogP contribution in [0.4, 0.5) is 11.4 Å². The van der Waals surface area contributed by atoms with Crippen LogP contribution in [0.5, 0.6) is 5.75 Å². The molecule has 0 atom stereocenters. The summed E-state index contributed by atoms with van der Waals surface area (Å²) in [5, 5.41) is 32.0. The molecule has 1 amide bonds. The number of amides is 1. The van der Waals surface area contributed by atoms with Gasteiger partial charge in [0.1, 0.15) is 11.6 Å². The van der Waals surface area contributed by atoms with Gasteiger partial charge in [0.25, 0.3) is 5.91 Å². The van der Waals surface area contributed by atoms with Gasteiger partial charge < -0.3 is 10.4 Å². The van der Waals surface area contributed by atoms with Crippen LogP contribution in [0.3, 0.4) is 0 Å². The minimum Gasteiger partial charge on any atom is -0.502 e. The van der Waals surface area contributed by atoms with Gasteiger partial charge >= 0.3 is 5.69 Å². The molecule has 0 unspecified atom stereocenters. The second-order valence-electron chi connectivity index (χ2n) is 4.94. The van der Waals surface area contributed by atoms with Gasteiger partial charge in [0, 0.05) is 11.8 Å². The molecule has 2 rings (SSSR count). The van der Waals surface area contributed by atoms with Crippen molar-refractivity contribution in [3.05, 3.63) is 69.3 Å². The highest BCUT2D eigenvalue weighted by Gasteiger charge is 2.15. The first-order valence-electron chi connectivity index (χ1n) is 6.88. The number of nitro groups is 1. The Morgan fingerprint density at radius 1 is 1.33 bits per heavy atom. The Bertz CT molecular complexity index is 882. The van der Waals surface area contributed by atoms with E-state index in [1.54, 1.807) is 18.2 Å². The molecule has 7 heteroatoms. The van der Waals surface area contributed by atoms with Crippen molar-refractivity contribution in [1.29, 1.82) is 5.26 Å². The summed E-state index contributed by atoms with van der Waals surface area (Å²) in [7, 11) is 0. The molecule has 2 aromatic carbocycles. The summed E-state index contributed by atoms with van der Waals surface area (Å²) in [5.74, 6) is -1.11. The van der Waals surface area contributed by atoms with Crippen LogP contribution in [0.2, 0.25) is 0 Å². The van der Waals surface area contributed by atoms with Crippen LogP contribution in [-0.4, -0.2) is 15.9 Å². The molecule has 0 aliphatic carbocycles. The zero-order chi connectivity index (χ0) is 17.7. The van der Waals surface area contributed by atoms with Crippen LogP contribution >= 0.6 is 0 Å². The third-order valence-electron chi connectivity index (χ3n) is 3.27. The number of nitrogens with zero attached hydrogens (tertiary/aromatic N) is 2. The van der Waals surface area contributed by atoms with Crippen molar-refractivity contribution >= 4 is 23.4 Å².